The topological polar surface area (TPSA) is 73.0 Å². The Morgan fingerprint density at radius 3 is 1.24 bits per heavy atom. The van der Waals surface area contributed by atoms with Crippen LogP contribution in [-0.2, 0) is 20.7 Å². The van der Waals surface area contributed by atoms with Gasteiger partial charge in [-0.15, -0.1) is 0 Å². The molecule has 0 heterocycles. The minimum atomic E-state index is -4.29. The quantitative estimate of drug-likeness (QED) is 0.274. The summed E-state index contributed by atoms with van der Waals surface area (Å²) in [6.07, 6.45) is -4.29. The Bertz CT molecular complexity index is 923. The minimum Gasteiger partial charge on any atom is -0.497 e. The third-order valence-corrected chi connectivity index (χ3v) is 3.81. The molecule has 3 aromatic rings. The molecule has 7 nitrogen and oxygen atoms in total. The van der Waals surface area contributed by atoms with Crippen molar-refractivity contribution < 1.29 is 36.8 Å². The van der Waals surface area contributed by atoms with Gasteiger partial charge in [0.15, 0.2) is 0 Å². The monoisotopic (exact) mass is 485 g/mol. The van der Waals surface area contributed by atoms with Crippen molar-refractivity contribution in [3.8, 4) is 5.75 Å². The third-order valence-electron chi connectivity index (χ3n) is 3.81. The highest BCUT2D eigenvalue weighted by atomic mass is 19.4. The molecular formula is C23H27F4N3O4. The van der Waals surface area contributed by atoms with Crippen molar-refractivity contribution in [3.05, 3.63) is 84.2 Å². The summed E-state index contributed by atoms with van der Waals surface area (Å²) >= 11 is 0. The fraction of sp³-hybridized carbons (Fsp3) is 0.217. The number of benzene rings is 3. The molecule has 0 fully saturated rings. The number of hydrogen-bond acceptors (Lipinski definition) is 7. The highest BCUT2D eigenvalue weighted by Gasteiger charge is 2.29. The Balaban J connectivity index is 0.000000257. The summed E-state index contributed by atoms with van der Waals surface area (Å²) in [5.41, 5.74) is 9.15. The van der Waals surface area contributed by atoms with Gasteiger partial charge in [0, 0.05) is 0 Å². The molecule has 3 aromatic carbocycles. The number of ether oxygens (including phenoxy) is 1. The highest BCUT2D eigenvalue weighted by Crippen LogP contribution is 2.29. The number of rotatable bonds is 7. The average Bonchev–Trinajstić information content (AvgIpc) is 2.82. The molecule has 0 bridgehead atoms. The lowest BCUT2D eigenvalue weighted by molar-refractivity contribution is -0.137. The van der Waals surface area contributed by atoms with E-state index in [0.29, 0.717) is 5.69 Å². The van der Waals surface area contributed by atoms with Crippen LogP contribution in [0, 0.1) is 5.82 Å². The second kappa shape index (κ2) is 15.3. The Hall–Kier alpha value is -3.54. The molecule has 3 N–H and O–H groups in total. The van der Waals surface area contributed by atoms with Crippen LogP contribution in [0.25, 0.3) is 0 Å². The maximum Gasteiger partial charge on any atom is 0.416 e. The molecule has 0 aliphatic heterocycles. The predicted molar refractivity (Wildman–Crippen MR) is 123 cm³/mol. The maximum atomic E-state index is 12.3. The molecule has 0 radical (unpaired) electrons. The van der Waals surface area contributed by atoms with Gasteiger partial charge in [-0.05, 0) is 72.8 Å². The molecular weight excluding hydrogens is 458 g/mol. The van der Waals surface area contributed by atoms with Crippen molar-refractivity contribution in [3.63, 3.8) is 0 Å². The second-order valence-electron chi connectivity index (χ2n) is 6.23. The predicted octanol–water partition coefficient (Wildman–Crippen LogP) is 6.15. The number of anilines is 3. The maximum absolute atomic E-state index is 12.3. The zero-order chi connectivity index (χ0) is 25.4. The molecule has 3 rings (SSSR count). The largest absolute Gasteiger partial charge is 0.497 e. The first kappa shape index (κ1) is 28.5. The molecule has 0 saturated heterocycles. The Kier molecular flexibility index (Phi) is 12.8. The molecule has 0 aromatic heterocycles. The van der Waals surface area contributed by atoms with Gasteiger partial charge in [0.2, 0.25) is 0 Å². The van der Waals surface area contributed by atoms with Crippen LogP contribution in [0.2, 0.25) is 0 Å². The third kappa shape index (κ3) is 11.4. The lowest BCUT2D eigenvalue weighted by Crippen LogP contribution is -2.04. The molecule has 0 unspecified atom stereocenters. The van der Waals surface area contributed by atoms with Gasteiger partial charge in [0.1, 0.15) is 11.6 Å². The summed E-state index contributed by atoms with van der Waals surface area (Å²) in [7, 11) is 6.10. The van der Waals surface area contributed by atoms with Gasteiger partial charge in [-0.2, -0.15) is 13.2 Å². The normalized spacial score (nSPS) is 10.1. The van der Waals surface area contributed by atoms with Gasteiger partial charge in [-0.3, -0.25) is 31.0 Å². The second-order valence-corrected chi connectivity index (χ2v) is 6.23. The fourth-order valence-electron chi connectivity index (χ4n) is 2.26. The zero-order valence-electron chi connectivity index (χ0n) is 19.1. The van der Waals surface area contributed by atoms with Crippen molar-refractivity contribution in [1.29, 1.82) is 0 Å². The Morgan fingerprint density at radius 2 is 0.912 bits per heavy atom. The molecule has 0 amide bonds. The summed E-state index contributed by atoms with van der Waals surface area (Å²) in [6.45, 7) is 0. The lowest BCUT2D eigenvalue weighted by Gasteiger charge is -2.07. The molecule has 0 aliphatic carbocycles. The molecule has 34 heavy (non-hydrogen) atoms. The van der Waals surface area contributed by atoms with Crippen molar-refractivity contribution in [2.75, 3.05) is 44.9 Å². The molecule has 186 valence electrons. The van der Waals surface area contributed by atoms with E-state index in [1.54, 1.807) is 26.4 Å². The van der Waals surface area contributed by atoms with E-state index in [1.807, 2.05) is 24.3 Å². The van der Waals surface area contributed by atoms with Gasteiger partial charge in [0.25, 0.3) is 0 Å². The first-order chi connectivity index (χ1) is 16.2. The van der Waals surface area contributed by atoms with E-state index in [-0.39, 0.29) is 5.82 Å². The summed E-state index contributed by atoms with van der Waals surface area (Å²) in [6, 6.07) is 18.0. The van der Waals surface area contributed by atoms with Gasteiger partial charge < -0.3 is 4.74 Å². The number of hydrogen-bond donors (Lipinski definition) is 3. The van der Waals surface area contributed by atoms with Crippen LogP contribution in [-0.4, -0.2) is 28.4 Å². The van der Waals surface area contributed by atoms with E-state index < -0.39 is 11.7 Å². The van der Waals surface area contributed by atoms with Crippen LogP contribution in [0.5, 0.6) is 5.75 Å². The molecule has 0 saturated carbocycles. The van der Waals surface area contributed by atoms with Crippen LogP contribution in [0.3, 0.4) is 0 Å². The van der Waals surface area contributed by atoms with E-state index in [4.69, 9.17) is 9.57 Å². The summed E-state index contributed by atoms with van der Waals surface area (Å²) in [4.78, 5) is 13.8. The van der Waals surface area contributed by atoms with E-state index >= 15 is 0 Å². The molecule has 0 atom stereocenters. The van der Waals surface area contributed by atoms with E-state index in [1.165, 1.54) is 38.5 Å². The van der Waals surface area contributed by atoms with Gasteiger partial charge in [-0.1, -0.05) is 0 Å². The zero-order valence-corrected chi connectivity index (χ0v) is 19.1. The Labute approximate surface area is 195 Å². The van der Waals surface area contributed by atoms with Gasteiger partial charge in [0.05, 0.1) is 51.1 Å². The number of halogens is 4. The fourth-order valence-corrected chi connectivity index (χ4v) is 2.26. The van der Waals surface area contributed by atoms with Crippen molar-refractivity contribution in [2.24, 2.45) is 0 Å². The SMILES string of the molecule is CONc1ccc(C(F)(F)F)cc1.CONc1ccc(F)cc1.CONc1ccc(OC)cc1. The summed E-state index contributed by atoms with van der Waals surface area (Å²) < 4.78 is 53.4. The van der Waals surface area contributed by atoms with E-state index in [9.17, 15) is 17.6 Å². The van der Waals surface area contributed by atoms with Crippen molar-refractivity contribution in [1.82, 2.24) is 0 Å². The van der Waals surface area contributed by atoms with E-state index in [2.05, 4.69) is 26.1 Å². The van der Waals surface area contributed by atoms with Crippen LogP contribution in [0.15, 0.2) is 72.8 Å². The van der Waals surface area contributed by atoms with Crippen molar-refractivity contribution in [2.45, 2.75) is 6.18 Å². The summed E-state index contributed by atoms with van der Waals surface area (Å²) in [5, 5.41) is 0. The van der Waals surface area contributed by atoms with Crippen LogP contribution in [0.4, 0.5) is 34.6 Å². The molecule has 11 heteroatoms. The van der Waals surface area contributed by atoms with Crippen LogP contribution in [0.1, 0.15) is 5.56 Å². The molecule has 0 aliphatic rings. The smallest absolute Gasteiger partial charge is 0.416 e. The number of alkyl halides is 3. The van der Waals surface area contributed by atoms with Gasteiger partial charge in [-0.25, -0.2) is 4.39 Å². The van der Waals surface area contributed by atoms with E-state index in [0.717, 1.165) is 29.3 Å². The first-order valence-corrected chi connectivity index (χ1v) is 9.67. The lowest BCUT2D eigenvalue weighted by atomic mass is 10.2. The Morgan fingerprint density at radius 1 is 0.559 bits per heavy atom. The molecule has 0 spiro atoms. The standard InChI is InChI=1S/C8H8F3NO.C8H11NO2.C7H8FNO/c1-13-12-7-4-2-6(3-5-7)8(9,10)11;1-10-8-5-3-7(4-6-8)9-11-2;1-10-9-7-4-2-6(8)3-5-7/h2-5,12H,1H3;3-6,9H,1-2H3;2-5,9H,1H3. The first-order valence-electron chi connectivity index (χ1n) is 9.67. The van der Waals surface area contributed by atoms with Crippen LogP contribution < -0.4 is 21.2 Å². The highest BCUT2D eigenvalue weighted by molar-refractivity contribution is 5.44. The van der Waals surface area contributed by atoms with Gasteiger partial charge >= 0.3 is 6.18 Å². The summed E-state index contributed by atoms with van der Waals surface area (Å²) in [5.74, 6) is 0.591. The van der Waals surface area contributed by atoms with Crippen LogP contribution >= 0.6 is 0 Å². The van der Waals surface area contributed by atoms with Crippen molar-refractivity contribution >= 4 is 17.1 Å². The average molecular weight is 485 g/mol. The number of nitrogens with one attached hydrogen (secondary N) is 3. The number of methoxy groups -OCH3 is 1. The minimum absolute atomic E-state index is 0.248.